The first kappa shape index (κ1) is 27.4. The maximum Gasteiger partial charge on any atom is 0.423 e. The monoisotopic (exact) mass is 557 g/mol. The number of rotatable bonds is 7. The van der Waals surface area contributed by atoms with E-state index < -0.39 is 34.0 Å². The Balaban J connectivity index is 1.33. The summed E-state index contributed by atoms with van der Waals surface area (Å²) in [5.74, 6) is 0.345. The minimum Gasteiger partial charge on any atom is -0.464 e. The van der Waals surface area contributed by atoms with Crippen molar-refractivity contribution in [2.45, 2.75) is 70.2 Å². The van der Waals surface area contributed by atoms with Gasteiger partial charge in [0.05, 0.1) is 29.7 Å². The predicted octanol–water partition coefficient (Wildman–Crippen LogP) is 3.91. The molecule has 0 saturated heterocycles. The fraction of sp³-hybridized carbons (Fsp3) is 0.519. The van der Waals surface area contributed by atoms with Crippen LogP contribution < -0.4 is 4.90 Å². The molecule has 1 fully saturated rings. The Bertz CT molecular complexity index is 1480. The molecule has 0 radical (unpaired) electrons. The second-order valence-corrected chi connectivity index (χ2v) is 12.9. The van der Waals surface area contributed by atoms with Gasteiger partial charge in [-0.15, -0.1) is 0 Å². The van der Waals surface area contributed by atoms with Gasteiger partial charge in [0.15, 0.2) is 0 Å². The average molecular weight is 558 g/mol. The number of amides is 1. The summed E-state index contributed by atoms with van der Waals surface area (Å²) in [5, 5.41) is 21.1. The van der Waals surface area contributed by atoms with Gasteiger partial charge < -0.3 is 19.7 Å². The van der Waals surface area contributed by atoms with E-state index in [0.29, 0.717) is 17.1 Å². The average Bonchev–Trinajstić information content (AvgIpc) is 3.57. The summed E-state index contributed by atoms with van der Waals surface area (Å²) >= 11 is 0. The summed E-state index contributed by atoms with van der Waals surface area (Å²) in [6.07, 6.45) is 3.94. The van der Waals surface area contributed by atoms with Crippen LogP contribution in [0.4, 0.5) is 10.6 Å². The van der Waals surface area contributed by atoms with Crippen LogP contribution in [0.15, 0.2) is 42.9 Å². The van der Waals surface area contributed by atoms with Gasteiger partial charge in [-0.2, -0.15) is 12.7 Å². The van der Waals surface area contributed by atoms with Crippen molar-refractivity contribution in [2.24, 2.45) is 5.92 Å². The van der Waals surface area contributed by atoms with Gasteiger partial charge in [-0.25, -0.2) is 14.8 Å². The first-order valence-electron chi connectivity index (χ1n) is 13.1. The summed E-state index contributed by atoms with van der Waals surface area (Å²) < 4.78 is 32.8. The molecule has 39 heavy (non-hydrogen) atoms. The first-order chi connectivity index (χ1) is 18.4. The number of fused-ring (bicyclic) bond motifs is 2. The van der Waals surface area contributed by atoms with Crippen molar-refractivity contribution in [1.29, 1.82) is 0 Å². The standard InChI is InChI=1S/C27H35N5O6S/c1-27(2,3)32(26(34)35)39(36,37)38-15-18-13-19(14-23(18)33)31-12-11-21-24(28-16-29-25(21)31)30(4)22-10-9-17-7-5-6-8-20(17)22/h5-8,11-12,16,18-19,22-23,33H,9-10,13-15H2,1-4H3,(H,34,35)/t18-,19+,22?,23-/m0/s1. The van der Waals surface area contributed by atoms with Crippen LogP contribution in [0.5, 0.6) is 0 Å². The maximum absolute atomic E-state index is 12.7. The van der Waals surface area contributed by atoms with Gasteiger partial charge in [-0.1, -0.05) is 24.3 Å². The van der Waals surface area contributed by atoms with Crippen molar-refractivity contribution in [3.63, 3.8) is 0 Å². The van der Waals surface area contributed by atoms with Crippen molar-refractivity contribution in [3.05, 3.63) is 54.0 Å². The second kappa shape index (κ2) is 10.1. The predicted molar refractivity (Wildman–Crippen MR) is 146 cm³/mol. The molecule has 4 atom stereocenters. The van der Waals surface area contributed by atoms with Crippen LogP contribution in [-0.4, -0.2) is 68.9 Å². The Morgan fingerprint density at radius 1 is 1.18 bits per heavy atom. The van der Waals surface area contributed by atoms with Gasteiger partial charge in [0.25, 0.3) is 0 Å². The Hall–Kier alpha value is -3.22. The van der Waals surface area contributed by atoms with Crippen LogP contribution >= 0.6 is 0 Å². The lowest BCUT2D eigenvalue weighted by molar-refractivity contribution is 0.0917. The van der Waals surface area contributed by atoms with E-state index in [4.69, 9.17) is 4.18 Å². The molecule has 3 aromatic rings. The van der Waals surface area contributed by atoms with Crippen molar-refractivity contribution >= 4 is 33.2 Å². The minimum atomic E-state index is -4.55. The van der Waals surface area contributed by atoms with Gasteiger partial charge in [-0.3, -0.25) is 4.18 Å². The molecule has 2 aromatic heterocycles. The molecule has 0 spiro atoms. The number of hydrogen-bond acceptors (Lipinski definition) is 8. The lowest BCUT2D eigenvalue weighted by atomic mass is 10.1. The van der Waals surface area contributed by atoms with Crippen molar-refractivity contribution < 1.29 is 27.6 Å². The first-order valence-corrected chi connectivity index (χ1v) is 14.5. The minimum absolute atomic E-state index is 0.132. The smallest absolute Gasteiger partial charge is 0.423 e. The van der Waals surface area contributed by atoms with E-state index in [-0.39, 0.29) is 18.7 Å². The maximum atomic E-state index is 12.7. The van der Waals surface area contributed by atoms with E-state index >= 15 is 0 Å². The zero-order valence-corrected chi connectivity index (χ0v) is 23.4. The molecule has 2 heterocycles. The molecule has 210 valence electrons. The topological polar surface area (TPSA) is 138 Å². The number of nitrogens with zero attached hydrogens (tertiary/aromatic N) is 5. The molecule has 1 unspecified atom stereocenters. The van der Waals surface area contributed by atoms with Gasteiger partial charge in [0, 0.05) is 25.2 Å². The highest BCUT2D eigenvalue weighted by Gasteiger charge is 2.41. The van der Waals surface area contributed by atoms with Gasteiger partial charge in [0.2, 0.25) is 0 Å². The highest BCUT2D eigenvalue weighted by atomic mass is 32.2. The highest BCUT2D eigenvalue weighted by Crippen LogP contribution is 2.41. The fourth-order valence-electron chi connectivity index (χ4n) is 6.04. The molecule has 2 aliphatic carbocycles. The molecule has 5 rings (SSSR count). The summed E-state index contributed by atoms with van der Waals surface area (Å²) in [6, 6.07) is 10.6. The molecule has 1 aromatic carbocycles. The van der Waals surface area contributed by atoms with Crippen LogP contribution in [0, 0.1) is 5.92 Å². The molecule has 0 aliphatic heterocycles. The second-order valence-electron chi connectivity index (χ2n) is 11.4. The van der Waals surface area contributed by atoms with Gasteiger partial charge >= 0.3 is 16.4 Å². The fourth-order valence-corrected chi connectivity index (χ4v) is 7.36. The van der Waals surface area contributed by atoms with Crippen LogP contribution in [0.3, 0.4) is 0 Å². The van der Waals surface area contributed by atoms with Crippen molar-refractivity contribution in [1.82, 2.24) is 18.8 Å². The Morgan fingerprint density at radius 2 is 1.92 bits per heavy atom. The molecular formula is C27H35N5O6S. The zero-order chi connectivity index (χ0) is 28.1. The molecule has 0 bridgehead atoms. The SMILES string of the molecule is CN(c1ncnc2c1ccn2[C@@H]1C[C@@H](COS(=O)(=O)N(C(=O)O)C(C)(C)C)[C@@H](O)C1)C1CCc2ccccc21. The van der Waals surface area contributed by atoms with Crippen LogP contribution in [0.2, 0.25) is 0 Å². The van der Waals surface area contributed by atoms with E-state index in [1.165, 1.54) is 31.9 Å². The molecule has 1 amide bonds. The largest absolute Gasteiger partial charge is 0.464 e. The summed E-state index contributed by atoms with van der Waals surface area (Å²) in [7, 11) is -2.50. The van der Waals surface area contributed by atoms with E-state index in [0.717, 1.165) is 29.7 Å². The van der Waals surface area contributed by atoms with Crippen molar-refractivity contribution in [2.75, 3.05) is 18.6 Å². The number of aliphatic hydroxyl groups excluding tert-OH is 1. The Kier molecular flexibility index (Phi) is 7.06. The molecule has 1 saturated carbocycles. The summed E-state index contributed by atoms with van der Waals surface area (Å²) in [5.41, 5.74) is 2.21. The third-order valence-electron chi connectivity index (χ3n) is 7.85. The molecule has 11 nitrogen and oxygen atoms in total. The third-order valence-corrected chi connectivity index (χ3v) is 9.44. The van der Waals surface area contributed by atoms with E-state index in [9.17, 15) is 23.4 Å². The molecule has 2 aliphatic rings. The van der Waals surface area contributed by atoms with Gasteiger partial charge in [-0.05, 0) is 63.6 Å². The van der Waals surface area contributed by atoms with Gasteiger partial charge in [0.1, 0.15) is 17.8 Å². The zero-order valence-electron chi connectivity index (χ0n) is 22.6. The highest BCUT2D eigenvalue weighted by molar-refractivity contribution is 7.84. The number of aryl methyl sites for hydroxylation is 1. The number of carbonyl (C=O) groups is 1. The number of hydrogen-bond donors (Lipinski definition) is 2. The molecule has 12 heteroatoms. The molecule has 2 N–H and O–H groups in total. The number of carboxylic acid groups (broad SMARTS) is 1. The van der Waals surface area contributed by atoms with Crippen LogP contribution in [0.25, 0.3) is 11.0 Å². The van der Waals surface area contributed by atoms with Crippen LogP contribution in [-0.2, 0) is 20.9 Å². The quantitative estimate of drug-likeness (QED) is 0.443. The lowest BCUT2D eigenvalue weighted by Crippen LogP contribution is -2.49. The Morgan fingerprint density at radius 3 is 2.64 bits per heavy atom. The summed E-state index contributed by atoms with van der Waals surface area (Å²) in [4.78, 5) is 23.0. The van der Waals surface area contributed by atoms with E-state index in [1.807, 2.05) is 16.8 Å². The van der Waals surface area contributed by atoms with E-state index in [2.05, 4.69) is 46.2 Å². The molecular weight excluding hydrogens is 522 g/mol. The van der Waals surface area contributed by atoms with Crippen molar-refractivity contribution in [3.8, 4) is 0 Å². The summed E-state index contributed by atoms with van der Waals surface area (Å²) in [6.45, 7) is 4.10. The number of anilines is 1. The number of benzene rings is 1. The van der Waals surface area contributed by atoms with E-state index in [1.54, 1.807) is 6.33 Å². The third kappa shape index (κ3) is 5.08. The number of aromatic nitrogens is 3. The lowest BCUT2D eigenvalue weighted by Gasteiger charge is -2.31. The Labute approximate surface area is 228 Å². The van der Waals surface area contributed by atoms with Crippen LogP contribution in [0.1, 0.15) is 63.2 Å². The normalized spacial score (nSPS) is 23.2. The number of aliphatic hydroxyl groups is 1.